The minimum Gasteiger partial charge on any atom is -0.310 e. The molecule has 1 heteroatoms. The fourth-order valence-electron chi connectivity index (χ4n) is 9.37. The third kappa shape index (κ3) is 5.29. The lowest BCUT2D eigenvalue weighted by Crippen LogP contribution is -2.15. The van der Waals surface area contributed by atoms with Crippen molar-refractivity contribution < 1.29 is 0 Å². The summed E-state index contributed by atoms with van der Waals surface area (Å²) in [6, 6.07) is 69.5. The van der Waals surface area contributed by atoms with Gasteiger partial charge in [0.15, 0.2) is 0 Å². The van der Waals surface area contributed by atoms with Gasteiger partial charge < -0.3 is 4.90 Å². The van der Waals surface area contributed by atoms with Gasteiger partial charge in [0.1, 0.15) is 0 Å². The van der Waals surface area contributed by atoms with Crippen LogP contribution in [-0.4, -0.2) is 0 Å². The zero-order valence-electron chi connectivity index (χ0n) is 31.8. The van der Waals surface area contributed by atoms with Gasteiger partial charge in [0, 0.05) is 27.8 Å². The lowest BCUT2D eigenvalue weighted by Gasteiger charge is -2.29. The van der Waals surface area contributed by atoms with Crippen LogP contribution in [0, 0.1) is 0 Å². The molecule has 0 radical (unpaired) electrons. The molecule has 0 spiro atoms. The molecule has 2 aliphatic carbocycles. The van der Waals surface area contributed by atoms with Gasteiger partial charge in [-0.2, -0.15) is 0 Å². The molecule has 0 amide bonds. The number of fused-ring (bicyclic) bond motifs is 6. The summed E-state index contributed by atoms with van der Waals surface area (Å²) < 4.78 is 0. The molecule has 0 N–H and O–H groups in total. The quantitative estimate of drug-likeness (QED) is 0.166. The fourth-order valence-corrected chi connectivity index (χ4v) is 9.37. The van der Waals surface area contributed by atoms with Gasteiger partial charge in [-0.15, -0.1) is 0 Å². The molecule has 0 saturated carbocycles. The number of hydrogen-bond acceptors (Lipinski definition) is 1. The highest BCUT2D eigenvalue weighted by Gasteiger charge is 2.36. The van der Waals surface area contributed by atoms with Crippen LogP contribution in [0.1, 0.15) is 49.9 Å². The Morgan fingerprint density at radius 2 is 0.691 bits per heavy atom. The lowest BCUT2D eigenvalue weighted by atomic mass is 9.81. The van der Waals surface area contributed by atoms with Crippen LogP contribution in [0.25, 0.3) is 55.6 Å². The van der Waals surface area contributed by atoms with Gasteiger partial charge in [-0.25, -0.2) is 0 Å². The van der Waals surface area contributed by atoms with Crippen molar-refractivity contribution in [2.24, 2.45) is 0 Å². The Balaban J connectivity index is 1.11. The van der Waals surface area contributed by atoms with E-state index in [9.17, 15) is 0 Å². The van der Waals surface area contributed by atoms with E-state index in [4.69, 9.17) is 0 Å². The topological polar surface area (TPSA) is 3.24 Å². The molecule has 0 bridgehead atoms. The van der Waals surface area contributed by atoms with Crippen molar-refractivity contribution in [1.29, 1.82) is 0 Å². The van der Waals surface area contributed by atoms with Gasteiger partial charge in [-0.05, 0) is 115 Å². The van der Waals surface area contributed by atoms with Crippen LogP contribution < -0.4 is 4.90 Å². The second kappa shape index (κ2) is 12.6. The molecule has 0 saturated heterocycles. The molecule has 8 aromatic carbocycles. The van der Waals surface area contributed by atoms with Crippen LogP contribution in [0.5, 0.6) is 0 Å². The fraction of sp³-hybridized carbons (Fsp3) is 0.111. The number of rotatable bonds is 6. The molecule has 55 heavy (non-hydrogen) atoms. The van der Waals surface area contributed by atoms with Gasteiger partial charge in [0.2, 0.25) is 0 Å². The average molecular weight is 706 g/mol. The summed E-state index contributed by atoms with van der Waals surface area (Å²) in [6.07, 6.45) is 0. The summed E-state index contributed by atoms with van der Waals surface area (Å²) in [5.74, 6) is 0. The zero-order valence-corrected chi connectivity index (χ0v) is 31.8. The van der Waals surface area contributed by atoms with E-state index in [-0.39, 0.29) is 10.8 Å². The molecule has 0 aliphatic heterocycles. The zero-order chi connectivity index (χ0) is 37.3. The maximum atomic E-state index is 2.44. The van der Waals surface area contributed by atoms with Gasteiger partial charge in [-0.3, -0.25) is 0 Å². The van der Waals surface area contributed by atoms with E-state index in [2.05, 4.69) is 221 Å². The van der Waals surface area contributed by atoms with Gasteiger partial charge in [0.25, 0.3) is 0 Å². The molecule has 0 heterocycles. The minimum atomic E-state index is -0.0593. The van der Waals surface area contributed by atoms with Crippen molar-refractivity contribution in [3.05, 3.63) is 210 Å². The summed E-state index contributed by atoms with van der Waals surface area (Å²) in [6.45, 7) is 9.42. The first kappa shape index (κ1) is 33.2. The van der Waals surface area contributed by atoms with Crippen LogP contribution in [0.4, 0.5) is 17.1 Å². The summed E-state index contributed by atoms with van der Waals surface area (Å²) in [4.78, 5) is 2.44. The van der Waals surface area contributed by atoms with Crippen LogP contribution >= 0.6 is 0 Å². The van der Waals surface area contributed by atoms with Crippen LogP contribution in [0.2, 0.25) is 0 Å². The predicted octanol–water partition coefficient (Wildman–Crippen LogP) is 14.8. The molecule has 10 rings (SSSR count). The smallest absolute Gasteiger partial charge is 0.0540 e. The van der Waals surface area contributed by atoms with Gasteiger partial charge in [0.05, 0.1) is 5.69 Å². The standard InChI is InChI=1S/C54H43N/c1-53(2)48-25-11-8-23-44(48)46-30-28-39(34-50(46)53)37-18-14-20-41(32-37)55(52-27-13-10-22-43(52)36-16-6-5-7-17-36)42-21-15-19-38(33-42)40-29-31-47-45-24-9-12-26-49(45)54(3,4)51(47)35-40/h5-35H,1-4H3. The van der Waals surface area contributed by atoms with Crippen LogP contribution in [-0.2, 0) is 10.8 Å². The van der Waals surface area contributed by atoms with E-state index in [1.54, 1.807) is 0 Å². The molecule has 0 unspecified atom stereocenters. The Morgan fingerprint density at radius 1 is 0.291 bits per heavy atom. The molecule has 1 nitrogen and oxygen atoms in total. The molecule has 0 fully saturated rings. The van der Waals surface area contributed by atoms with E-state index in [0.29, 0.717) is 0 Å². The first-order chi connectivity index (χ1) is 26.8. The maximum absolute atomic E-state index is 2.44. The second-order valence-corrected chi connectivity index (χ2v) is 16.2. The summed E-state index contributed by atoms with van der Waals surface area (Å²) >= 11 is 0. The Bertz CT molecular complexity index is 2620. The first-order valence-corrected chi connectivity index (χ1v) is 19.4. The summed E-state index contributed by atoms with van der Waals surface area (Å²) in [5, 5.41) is 0. The lowest BCUT2D eigenvalue weighted by molar-refractivity contribution is 0.660. The highest BCUT2D eigenvalue weighted by atomic mass is 15.1. The molecule has 8 aromatic rings. The molecule has 0 atom stereocenters. The largest absolute Gasteiger partial charge is 0.310 e. The number of anilines is 3. The Kier molecular flexibility index (Phi) is 7.58. The van der Waals surface area contributed by atoms with Crippen molar-refractivity contribution in [2.75, 3.05) is 4.90 Å². The number of para-hydroxylation sites is 1. The molecule has 2 aliphatic rings. The normalized spacial score (nSPS) is 14.1. The monoisotopic (exact) mass is 705 g/mol. The van der Waals surface area contributed by atoms with Crippen molar-refractivity contribution >= 4 is 17.1 Å². The molecular weight excluding hydrogens is 663 g/mol. The molecule has 264 valence electrons. The number of benzene rings is 8. The highest BCUT2D eigenvalue weighted by Crippen LogP contribution is 2.51. The Hall–Kier alpha value is -6.44. The summed E-state index contributed by atoms with van der Waals surface area (Å²) in [7, 11) is 0. The van der Waals surface area contributed by atoms with Crippen LogP contribution in [0.15, 0.2) is 188 Å². The SMILES string of the molecule is CC1(C)c2ccccc2-c2ccc(-c3cccc(N(c4cccc(-c5ccc6c(c5)C(C)(C)c5ccccc5-6)c4)c4ccccc4-c4ccccc4)c3)cc21. The second-order valence-electron chi connectivity index (χ2n) is 16.2. The third-order valence-corrected chi connectivity index (χ3v) is 12.3. The molecule has 0 aromatic heterocycles. The van der Waals surface area contributed by atoms with Crippen LogP contribution in [0.3, 0.4) is 0 Å². The number of nitrogens with zero attached hydrogens (tertiary/aromatic N) is 1. The van der Waals surface area contributed by atoms with Crippen molar-refractivity contribution in [1.82, 2.24) is 0 Å². The van der Waals surface area contributed by atoms with Gasteiger partial charge >= 0.3 is 0 Å². The highest BCUT2D eigenvalue weighted by molar-refractivity contribution is 5.91. The van der Waals surface area contributed by atoms with E-state index in [1.165, 1.54) is 77.9 Å². The predicted molar refractivity (Wildman–Crippen MR) is 233 cm³/mol. The Morgan fingerprint density at radius 3 is 1.22 bits per heavy atom. The van der Waals surface area contributed by atoms with E-state index >= 15 is 0 Å². The minimum absolute atomic E-state index is 0.0593. The van der Waals surface area contributed by atoms with Crippen molar-refractivity contribution in [3.63, 3.8) is 0 Å². The van der Waals surface area contributed by atoms with Crippen molar-refractivity contribution in [3.8, 4) is 55.6 Å². The van der Waals surface area contributed by atoms with E-state index in [0.717, 1.165) is 17.1 Å². The van der Waals surface area contributed by atoms with E-state index < -0.39 is 0 Å². The van der Waals surface area contributed by atoms with Crippen molar-refractivity contribution in [2.45, 2.75) is 38.5 Å². The number of hydrogen-bond donors (Lipinski definition) is 0. The Labute approximate surface area is 325 Å². The average Bonchev–Trinajstić information content (AvgIpc) is 3.60. The summed E-state index contributed by atoms with van der Waals surface area (Å²) in [5.41, 5.74) is 21.4. The molecular formula is C54H43N. The maximum Gasteiger partial charge on any atom is 0.0540 e. The van der Waals surface area contributed by atoms with E-state index in [1.807, 2.05) is 0 Å². The third-order valence-electron chi connectivity index (χ3n) is 12.3. The first-order valence-electron chi connectivity index (χ1n) is 19.4. The van der Waals surface area contributed by atoms with Gasteiger partial charge in [-0.1, -0.05) is 173 Å².